The molecule has 0 aliphatic rings. The van der Waals surface area contributed by atoms with E-state index in [2.05, 4.69) is 4.98 Å². The number of hydrogen-bond acceptors (Lipinski definition) is 1. The number of H-pyrrole nitrogens is 1. The number of aromatic nitrogens is 1. The number of carbonyl (C=O) groups is 1. The zero-order valence-electron chi connectivity index (χ0n) is 6.54. The minimum absolute atomic E-state index is 0.0487. The lowest BCUT2D eigenvalue weighted by Crippen LogP contribution is -1.96. The van der Waals surface area contributed by atoms with Crippen molar-refractivity contribution in [2.24, 2.45) is 0 Å². The van der Waals surface area contributed by atoms with Crippen LogP contribution in [0.3, 0.4) is 0 Å². The normalized spacial score (nSPS) is 10.5. The smallest absolute Gasteiger partial charge is 0.335 e. The van der Waals surface area contributed by atoms with Crippen molar-refractivity contribution in [3.8, 4) is 0 Å². The summed E-state index contributed by atoms with van der Waals surface area (Å²) in [7, 11) is 0. The number of aromatic carboxylic acids is 1. The van der Waals surface area contributed by atoms with Gasteiger partial charge < -0.3 is 10.1 Å². The van der Waals surface area contributed by atoms with Crippen molar-refractivity contribution in [2.75, 3.05) is 0 Å². The van der Waals surface area contributed by atoms with E-state index >= 15 is 0 Å². The molecule has 0 aliphatic carbocycles. The zero-order valence-corrected chi connectivity index (χ0v) is 6.54. The maximum atomic E-state index is 13.2. The fourth-order valence-electron chi connectivity index (χ4n) is 1.24. The molecule has 1 aromatic carbocycles. The molecule has 0 amide bonds. The number of rotatable bonds is 1. The van der Waals surface area contributed by atoms with Crippen LogP contribution in [0.15, 0.2) is 24.4 Å². The first kappa shape index (κ1) is 7.79. The molecule has 4 heteroatoms. The Balaban J connectivity index is 2.77. The van der Waals surface area contributed by atoms with Gasteiger partial charge in [-0.25, -0.2) is 9.18 Å². The molecule has 0 bridgehead atoms. The van der Waals surface area contributed by atoms with Gasteiger partial charge in [0.05, 0.1) is 5.56 Å². The standard InChI is InChI=1S/C9H6FNO2/c10-7-3-5(9(12)13)4-8-6(7)1-2-11-8/h1-4,11H,(H,12,13). The van der Waals surface area contributed by atoms with Gasteiger partial charge in [0.25, 0.3) is 0 Å². The van der Waals surface area contributed by atoms with E-state index in [1.807, 2.05) is 0 Å². The summed E-state index contributed by atoms with van der Waals surface area (Å²) in [4.78, 5) is 13.3. The average Bonchev–Trinajstić information content (AvgIpc) is 2.51. The molecule has 1 aromatic heterocycles. The molecular weight excluding hydrogens is 173 g/mol. The SMILES string of the molecule is O=C(O)c1cc(F)c2cc[nH]c2c1. The number of nitrogens with one attached hydrogen (secondary N) is 1. The number of aromatic amines is 1. The second kappa shape index (κ2) is 2.58. The van der Waals surface area contributed by atoms with Gasteiger partial charge in [-0.05, 0) is 18.2 Å². The van der Waals surface area contributed by atoms with E-state index in [1.165, 1.54) is 6.07 Å². The van der Waals surface area contributed by atoms with E-state index in [4.69, 9.17) is 5.11 Å². The van der Waals surface area contributed by atoms with Crippen LogP contribution in [0.4, 0.5) is 4.39 Å². The second-order valence-corrected chi connectivity index (χ2v) is 2.70. The van der Waals surface area contributed by atoms with Crippen LogP contribution in [0.5, 0.6) is 0 Å². The maximum Gasteiger partial charge on any atom is 0.335 e. The number of carboxylic acid groups (broad SMARTS) is 1. The van der Waals surface area contributed by atoms with Crippen molar-refractivity contribution < 1.29 is 14.3 Å². The summed E-state index contributed by atoms with van der Waals surface area (Å²) in [6, 6.07) is 3.98. The maximum absolute atomic E-state index is 13.2. The molecule has 0 radical (unpaired) electrons. The summed E-state index contributed by atoms with van der Waals surface area (Å²) in [5, 5.41) is 9.03. The van der Waals surface area contributed by atoms with Gasteiger partial charge in [-0.1, -0.05) is 0 Å². The van der Waals surface area contributed by atoms with E-state index in [9.17, 15) is 9.18 Å². The second-order valence-electron chi connectivity index (χ2n) is 2.70. The first-order valence-corrected chi connectivity index (χ1v) is 3.68. The van der Waals surface area contributed by atoms with Crippen molar-refractivity contribution in [3.63, 3.8) is 0 Å². The fourth-order valence-corrected chi connectivity index (χ4v) is 1.24. The lowest BCUT2D eigenvalue weighted by Gasteiger charge is -1.96. The van der Waals surface area contributed by atoms with Crippen molar-refractivity contribution in [3.05, 3.63) is 35.8 Å². The Morgan fingerprint density at radius 2 is 2.23 bits per heavy atom. The largest absolute Gasteiger partial charge is 0.478 e. The van der Waals surface area contributed by atoms with Crippen LogP contribution in [0.1, 0.15) is 10.4 Å². The summed E-state index contributed by atoms with van der Waals surface area (Å²) in [6.07, 6.45) is 1.57. The summed E-state index contributed by atoms with van der Waals surface area (Å²) in [5.41, 5.74) is 0.449. The first-order chi connectivity index (χ1) is 6.18. The van der Waals surface area contributed by atoms with Crippen LogP contribution in [-0.4, -0.2) is 16.1 Å². The summed E-state index contributed by atoms with van der Waals surface area (Å²) >= 11 is 0. The Labute approximate surface area is 72.8 Å². The highest BCUT2D eigenvalue weighted by Gasteiger charge is 2.08. The Hall–Kier alpha value is -1.84. The molecule has 1 heterocycles. The molecule has 0 aliphatic heterocycles. The van der Waals surface area contributed by atoms with E-state index in [1.54, 1.807) is 12.3 Å². The first-order valence-electron chi connectivity index (χ1n) is 3.68. The third kappa shape index (κ3) is 1.16. The average molecular weight is 179 g/mol. The van der Waals surface area contributed by atoms with Gasteiger partial charge in [0.15, 0.2) is 0 Å². The molecule has 66 valence electrons. The minimum Gasteiger partial charge on any atom is -0.478 e. The van der Waals surface area contributed by atoms with Crippen LogP contribution in [0.2, 0.25) is 0 Å². The van der Waals surface area contributed by atoms with E-state index in [0.717, 1.165) is 6.07 Å². The van der Waals surface area contributed by atoms with E-state index in [0.29, 0.717) is 10.9 Å². The van der Waals surface area contributed by atoms with Gasteiger partial charge in [-0.15, -0.1) is 0 Å². The minimum atomic E-state index is -1.13. The molecule has 2 rings (SSSR count). The third-order valence-corrected chi connectivity index (χ3v) is 1.87. The van der Waals surface area contributed by atoms with Gasteiger partial charge in [-0.2, -0.15) is 0 Å². The van der Waals surface area contributed by atoms with Gasteiger partial charge in [-0.3, -0.25) is 0 Å². The molecule has 3 nitrogen and oxygen atoms in total. The lowest BCUT2D eigenvalue weighted by atomic mass is 10.1. The fraction of sp³-hybridized carbons (Fsp3) is 0. The summed E-state index contributed by atoms with van der Waals surface area (Å²) < 4.78 is 13.2. The third-order valence-electron chi connectivity index (χ3n) is 1.87. The number of halogens is 1. The highest BCUT2D eigenvalue weighted by Crippen LogP contribution is 2.18. The molecule has 2 N–H and O–H groups in total. The monoisotopic (exact) mass is 179 g/mol. The number of fused-ring (bicyclic) bond motifs is 1. The molecule has 13 heavy (non-hydrogen) atoms. The van der Waals surface area contributed by atoms with E-state index < -0.39 is 11.8 Å². The van der Waals surface area contributed by atoms with E-state index in [-0.39, 0.29) is 5.56 Å². The van der Waals surface area contributed by atoms with Gasteiger partial charge in [0.2, 0.25) is 0 Å². The molecule has 0 atom stereocenters. The van der Waals surface area contributed by atoms with Crippen molar-refractivity contribution >= 4 is 16.9 Å². The van der Waals surface area contributed by atoms with Crippen molar-refractivity contribution in [1.29, 1.82) is 0 Å². The van der Waals surface area contributed by atoms with Crippen LogP contribution < -0.4 is 0 Å². The van der Waals surface area contributed by atoms with Crippen molar-refractivity contribution in [2.45, 2.75) is 0 Å². The highest BCUT2D eigenvalue weighted by atomic mass is 19.1. The number of carboxylic acids is 1. The molecule has 0 saturated carbocycles. The van der Waals surface area contributed by atoms with Crippen LogP contribution >= 0.6 is 0 Å². The molecular formula is C9H6FNO2. The highest BCUT2D eigenvalue weighted by molar-refractivity contribution is 5.93. The Morgan fingerprint density at radius 1 is 1.46 bits per heavy atom. The van der Waals surface area contributed by atoms with Crippen LogP contribution in [0.25, 0.3) is 10.9 Å². The number of benzene rings is 1. The molecule has 2 aromatic rings. The van der Waals surface area contributed by atoms with Gasteiger partial charge in [0.1, 0.15) is 5.82 Å². The summed E-state index contributed by atoms with van der Waals surface area (Å²) in [5.74, 6) is -1.65. The van der Waals surface area contributed by atoms with Crippen LogP contribution in [-0.2, 0) is 0 Å². The molecule has 0 fully saturated rings. The Bertz CT molecular complexity index is 475. The molecule has 0 unspecified atom stereocenters. The summed E-state index contributed by atoms with van der Waals surface area (Å²) in [6.45, 7) is 0. The topological polar surface area (TPSA) is 53.1 Å². The van der Waals surface area contributed by atoms with Crippen molar-refractivity contribution in [1.82, 2.24) is 4.98 Å². The molecule has 0 saturated heterocycles. The Kier molecular flexibility index (Phi) is 1.55. The quantitative estimate of drug-likeness (QED) is 0.703. The molecule has 0 spiro atoms. The van der Waals surface area contributed by atoms with Gasteiger partial charge in [0, 0.05) is 17.1 Å². The van der Waals surface area contributed by atoms with Gasteiger partial charge >= 0.3 is 5.97 Å². The predicted octanol–water partition coefficient (Wildman–Crippen LogP) is 2.01. The lowest BCUT2D eigenvalue weighted by molar-refractivity contribution is 0.0696. The predicted molar refractivity (Wildman–Crippen MR) is 45.2 cm³/mol. The van der Waals surface area contributed by atoms with Crippen LogP contribution in [0, 0.1) is 5.82 Å². The Morgan fingerprint density at radius 3 is 2.92 bits per heavy atom. The number of hydrogen-bond donors (Lipinski definition) is 2. The zero-order chi connectivity index (χ0) is 9.42.